The molecule has 2 fully saturated rings. The Morgan fingerprint density at radius 2 is 2.00 bits per heavy atom. The van der Waals surface area contributed by atoms with Gasteiger partial charge in [-0.1, -0.05) is 13.3 Å². The van der Waals surface area contributed by atoms with E-state index in [0.29, 0.717) is 13.1 Å². The highest BCUT2D eigenvalue weighted by molar-refractivity contribution is 7.86. The van der Waals surface area contributed by atoms with Gasteiger partial charge in [-0.2, -0.15) is 17.0 Å². The molecule has 0 aromatic heterocycles. The molecule has 1 heterocycles. The minimum atomic E-state index is -3.27. The van der Waals surface area contributed by atoms with Crippen molar-refractivity contribution in [1.82, 2.24) is 13.9 Å². The fourth-order valence-corrected chi connectivity index (χ4v) is 5.11. The van der Waals surface area contributed by atoms with Gasteiger partial charge in [0.05, 0.1) is 0 Å². The number of hydrogen-bond donors (Lipinski definition) is 1. The van der Waals surface area contributed by atoms with Crippen LogP contribution in [0.3, 0.4) is 0 Å². The van der Waals surface area contributed by atoms with Gasteiger partial charge in [-0.15, -0.1) is 0 Å². The first-order valence-corrected chi connectivity index (χ1v) is 8.94. The number of rotatable bonds is 7. The number of piperidine rings is 1. The summed E-state index contributed by atoms with van der Waals surface area (Å²) < 4.78 is 29.2. The van der Waals surface area contributed by atoms with Crippen molar-refractivity contribution in [3.63, 3.8) is 0 Å². The standard InChI is InChI=1S/C13H27N3O2S/c1-3-9-15(12-7-8-12)19(17,18)16-10-5-4-6-13(16)11-14-2/h12-14H,3-11H2,1-2H3. The molecule has 2 rings (SSSR count). The maximum absolute atomic E-state index is 12.9. The summed E-state index contributed by atoms with van der Waals surface area (Å²) in [6.45, 7) is 4.15. The lowest BCUT2D eigenvalue weighted by Crippen LogP contribution is -2.53. The summed E-state index contributed by atoms with van der Waals surface area (Å²) in [6, 6.07) is 0.393. The van der Waals surface area contributed by atoms with Crippen molar-refractivity contribution >= 4 is 10.2 Å². The Labute approximate surface area is 117 Å². The number of likely N-dealkylation sites (N-methyl/N-ethyl adjacent to an activating group) is 1. The van der Waals surface area contributed by atoms with Crippen molar-refractivity contribution in [1.29, 1.82) is 0 Å². The normalized spacial score (nSPS) is 25.9. The fraction of sp³-hybridized carbons (Fsp3) is 1.00. The molecule has 112 valence electrons. The van der Waals surface area contributed by atoms with Crippen LogP contribution < -0.4 is 5.32 Å². The third kappa shape index (κ3) is 3.48. The summed E-state index contributed by atoms with van der Waals surface area (Å²) in [5.74, 6) is 0. The van der Waals surface area contributed by atoms with E-state index in [2.05, 4.69) is 5.32 Å². The van der Waals surface area contributed by atoms with Crippen molar-refractivity contribution in [3.05, 3.63) is 0 Å². The van der Waals surface area contributed by atoms with Gasteiger partial charge in [0.25, 0.3) is 10.2 Å². The number of nitrogens with one attached hydrogen (secondary N) is 1. The first-order chi connectivity index (χ1) is 9.11. The Morgan fingerprint density at radius 3 is 2.58 bits per heavy atom. The zero-order chi connectivity index (χ0) is 13.9. The molecule has 1 atom stereocenters. The maximum atomic E-state index is 12.9. The van der Waals surface area contributed by atoms with Crippen LogP contribution in [0.4, 0.5) is 0 Å². The molecule has 0 radical (unpaired) electrons. The van der Waals surface area contributed by atoms with Gasteiger partial charge in [-0.05, 0) is 39.2 Å². The third-order valence-corrected chi connectivity index (χ3v) is 6.15. The molecule has 0 amide bonds. The topological polar surface area (TPSA) is 52.7 Å². The summed E-state index contributed by atoms with van der Waals surface area (Å²) in [7, 11) is -1.37. The lowest BCUT2D eigenvalue weighted by atomic mass is 10.1. The minimum Gasteiger partial charge on any atom is -0.318 e. The van der Waals surface area contributed by atoms with Crippen LogP contribution in [-0.4, -0.2) is 55.8 Å². The molecule has 0 spiro atoms. The quantitative estimate of drug-likeness (QED) is 0.766. The van der Waals surface area contributed by atoms with Crippen molar-refractivity contribution in [3.8, 4) is 0 Å². The van der Waals surface area contributed by atoms with Gasteiger partial charge in [0.15, 0.2) is 0 Å². The van der Waals surface area contributed by atoms with Crippen LogP contribution in [0.25, 0.3) is 0 Å². The molecule has 1 aliphatic heterocycles. The van der Waals surface area contributed by atoms with E-state index in [4.69, 9.17) is 0 Å². The van der Waals surface area contributed by atoms with Gasteiger partial charge in [0.2, 0.25) is 0 Å². The van der Waals surface area contributed by atoms with Gasteiger partial charge in [-0.25, -0.2) is 0 Å². The third-order valence-electron chi connectivity index (χ3n) is 4.00. The van der Waals surface area contributed by atoms with Crippen LogP contribution in [0.5, 0.6) is 0 Å². The molecule has 1 unspecified atom stereocenters. The second-order valence-corrected chi connectivity index (χ2v) is 7.50. The molecule has 5 nitrogen and oxygen atoms in total. The van der Waals surface area contributed by atoms with Crippen LogP contribution in [0.15, 0.2) is 0 Å². The van der Waals surface area contributed by atoms with E-state index >= 15 is 0 Å². The first kappa shape index (κ1) is 15.2. The van der Waals surface area contributed by atoms with Crippen molar-refractivity contribution in [2.75, 3.05) is 26.7 Å². The van der Waals surface area contributed by atoms with Crippen LogP contribution in [-0.2, 0) is 10.2 Å². The molecule has 1 N–H and O–H groups in total. The second kappa shape index (κ2) is 6.52. The molecule has 1 saturated carbocycles. The monoisotopic (exact) mass is 289 g/mol. The Morgan fingerprint density at radius 1 is 1.26 bits per heavy atom. The molecule has 19 heavy (non-hydrogen) atoms. The van der Waals surface area contributed by atoms with Crippen molar-refractivity contribution in [2.45, 2.75) is 57.5 Å². The highest BCUT2D eigenvalue weighted by Gasteiger charge is 2.42. The molecule has 0 aromatic rings. The average Bonchev–Trinajstić information content (AvgIpc) is 3.21. The smallest absolute Gasteiger partial charge is 0.282 e. The molecule has 6 heteroatoms. The molecular formula is C13H27N3O2S. The highest BCUT2D eigenvalue weighted by atomic mass is 32.2. The lowest BCUT2D eigenvalue weighted by molar-refractivity contribution is 0.226. The van der Waals surface area contributed by atoms with E-state index in [1.165, 1.54) is 0 Å². The zero-order valence-corrected chi connectivity index (χ0v) is 13.0. The molecule has 1 saturated heterocycles. The predicted octanol–water partition coefficient (Wildman–Crippen LogP) is 1.18. The summed E-state index contributed by atoms with van der Waals surface area (Å²) in [5, 5.41) is 3.13. The number of hydrogen-bond acceptors (Lipinski definition) is 3. The minimum absolute atomic E-state index is 0.127. The van der Waals surface area contributed by atoms with Crippen LogP contribution in [0, 0.1) is 0 Å². The summed E-state index contributed by atoms with van der Waals surface area (Å²) in [5.41, 5.74) is 0. The fourth-order valence-electron chi connectivity index (χ4n) is 2.92. The van der Waals surface area contributed by atoms with Crippen molar-refractivity contribution < 1.29 is 8.42 Å². The first-order valence-electron chi connectivity index (χ1n) is 7.54. The van der Waals surface area contributed by atoms with Gasteiger partial charge < -0.3 is 5.32 Å². The Kier molecular flexibility index (Phi) is 5.22. The highest BCUT2D eigenvalue weighted by Crippen LogP contribution is 2.32. The van der Waals surface area contributed by atoms with E-state index in [1.54, 1.807) is 8.61 Å². The SMILES string of the molecule is CCCN(C1CC1)S(=O)(=O)N1CCCCC1CNC. The van der Waals surface area contributed by atoms with E-state index in [1.807, 2.05) is 14.0 Å². The molecular weight excluding hydrogens is 262 g/mol. The van der Waals surface area contributed by atoms with Crippen LogP contribution in [0.1, 0.15) is 45.4 Å². The van der Waals surface area contributed by atoms with E-state index < -0.39 is 10.2 Å². The van der Waals surface area contributed by atoms with E-state index in [-0.39, 0.29) is 12.1 Å². The van der Waals surface area contributed by atoms with E-state index in [0.717, 1.165) is 45.1 Å². The maximum Gasteiger partial charge on any atom is 0.282 e. The second-order valence-electron chi connectivity index (χ2n) is 5.67. The van der Waals surface area contributed by atoms with Gasteiger partial charge in [-0.3, -0.25) is 0 Å². The Balaban J connectivity index is 2.14. The lowest BCUT2D eigenvalue weighted by Gasteiger charge is -2.38. The summed E-state index contributed by atoms with van der Waals surface area (Å²) in [4.78, 5) is 0. The molecule has 2 aliphatic rings. The Hall–Kier alpha value is -0.170. The predicted molar refractivity (Wildman–Crippen MR) is 77.2 cm³/mol. The van der Waals surface area contributed by atoms with Gasteiger partial charge >= 0.3 is 0 Å². The van der Waals surface area contributed by atoms with Crippen molar-refractivity contribution in [2.24, 2.45) is 0 Å². The summed E-state index contributed by atoms with van der Waals surface area (Å²) in [6.07, 6.45) is 6.05. The Bertz CT molecular complexity index is 379. The average molecular weight is 289 g/mol. The molecule has 0 aromatic carbocycles. The largest absolute Gasteiger partial charge is 0.318 e. The van der Waals surface area contributed by atoms with Gasteiger partial charge in [0, 0.05) is 31.7 Å². The molecule has 0 bridgehead atoms. The number of nitrogens with zero attached hydrogens (tertiary/aromatic N) is 2. The van der Waals surface area contributed by atoms with Crippen LogP contribution in [0.2, 0.25) is 0 Å². The zero-order valence-electron chi connectivity index (χ0n) is 12.1. The van der Waals surface area contributed by atoms with E-state index in [9.17, 15) is 8.42 Å². The van der Waals surface area contributed by atoms with Crippen LogP contribution >= 0.6 is 0 Å². The summed E-state index contributed by atoms with van der Waals surface area (Å²) >= 11 is 0. The molecule has 1 aliphatic carbocycles. The van der Waals surface area contributed by atoms with Gasteiger partial charge in [0.1, 0.15) is 0 Å².